The summed E-state index contributed by atoms with van der Waals surface area (Å²) in [5.41, 5.74) is 0. The molecule has 2 amide bonds. The Morgan fingerprint density at radius 2 is 1.72 bits per heavy atom. The molecule has 0 rings (SSSR count). The first-order valence-electron chi connectivity index (χ1n) is 9.67. The van der Waals surface area contributed by atoms with E-state index in [1.807, 2.05) is 11.8 Å². The molecule has 0 saturated heterocycles. The molecule has 0 aromatic heterocycles. The first-order valence-corrected chi connectivity index (χ1v) is 9.67. The lowest BCUT2D eigenvalue weighted by atomic mass is 10.0. The smallest absolute Gasteiger partial charge is 0.222 e. The van der Waals surface area contributed by atoms with Gasteiger partial charge in [-0.15, -0.1) is 0 Å². The molecule has 0 aliphatic carbocycles. The van der Waals surface area contributed by atoms with Gasteiger partial charge in [0.2, 0.25) is 11.8 Å². The minimum atomic E-state index is -0.453. The molecule has 7 heteroatoms. The Morgan fingerprint density at radius 1 is 1.04 bits per heavy atom. The highest BCUT2D eigenvalue weighted by molar-refractivity contribution is 6.08. The molecule has 0 saturated carbocycles. The highest BCUT2D eigenvalue weighted by Crippen LogP contribution is 2.07. The summed E-state index contributed by atoms with van der Waals surface area (Å²) in [6.07, 6.45) is 6.61. The van der Waals surface area contributed by atoms with Gasteiger partial charge in [0.15, 0.2) is 0 Å². The van der Waals surface area contributed by atoms with Crippen LogP contribution in [0.15, 0.2) is 0 Å². The number of nitrogens with one attached hydrogen (secondary N) is 2. The van der Waals surface area contributed by atoms with E-state index in [0.29, 0.717) is 32.3 Å². The zero-order valence-corrected chi connectivity index (χ0v) is 16.1. The molecule has 25 heavy (non-hydrogen) atoms. The Balaban J connectivity index is 3.82. The van der Waals surface area contributed by atoms with Crippen LogP contribution < -0.4 is 10.6 Å². The van der Waals surface area contributed by atoms with Crippen LogP contribution in [-0.4, -0.2) is 62.1 Å². The van der Waals surface area contributed by atoms with Gasteiger partial charge in [-0.2, -0.15) is 0 Å². The maximum atomic E-state index is 12.3. The molecule has 2 radical (unpaired) electrons. The molecule has 0 spiro atoms. The van der Waals surface area contributed by atoms with Gasteiger partial charge >= 0.3 is 0 Å². The molecule has 0 fully saturated rings. The van der Waals surface area contributed by atoms with Crippen LogP contribution in [0.2, 0.25) is 6.32 Å². The molecule has 1 unspecified atom stereocenters. The highest BCUT2D eigenvalue weighted by atomic mass is 16.3. The SMILES string of the molecule is [B]CCN(CCCCCCNC(C)O)C(=O)CCCCC(=O)NCC. The predicted octanol–water partition coefficient (Wildman–Crippen LogP) is 1.59. The minimum absolute atomic E-state index is 0.0545. The van der Waals surface area contributed by atoms with Crippen LogP contribution in [0, 0.1) is 0 Å². The first kappa shape index (κ1) is 23.9. The van der Waals surface area contributed by atoms with Gasteiger partial charge in [-0.05, 0) is 46.1 Å². The number of carbonyl (C=O) groups excluding carboxylic acids is 2. The predicted molar refractivity (Wildman–Crippen MR) is 102 cm³/mol. The highest BCUT2D eigenvalue weighted by Gasteiger charge is 2.12. The lowest BCUT2D eigenvalue weighted by Gasteiger charge is -2.22. The molecule has 0 aliphatic heterocycles. The molecular formula is C18H36BN3O3. The Hall–Kier alpha value is -1.08. The van der Waals surface area contributed by atoms with Crippen molar-refractivity contribution in [3.05, 3.63) is 0 Å². The van der Waals surface area contributed by atoms with Gasteiger partial charge < -0.3 is 15.3 Å². The van der Waals surface area contributed by atoms with Gasteiger partial charge in [0.05, 0.1) is 7.85 Å². The minimum Gasteiger partial charge on any atom is -0.379 e. The van der Waals surface area contributed by atoms with Crippen molar-refractivity contribution in [2.24, 2.45) is 0 Å². The summed E-state index contributed by atoms with van der Waals surface area (Å²) in [5, 5.41) is 14.8. The molecule has 1 atom stereocenters. The second kappa shape index (κ2) is 16.4. The summed E-state index contributed by atoms with van der Waals surface area (Å²) in [5.74, 6) is 0.191. The maximum Gasteiger partial charge on any atom is 0.222 e. The van der Waals surface area contributed by atoms with Crippen molar-refractivity contribution in [3.63, 3.8) is 0 Å². The van der Waals surface area contributed by atoms with Crippen LogP contribution in [-0.2, 0) is 9.59 Å². The summed E-state index contributed by atoms with van der Waals surface area (Å²) in [7, 11) is 5.61. The summed E-state index contributed by atoms with van der Waals surface area (Å²) < 4.78 is 0. The van der Waals surface area contributed by atoms with E-state index in [0.717, 1.165) is 51.6 Å². The summed E-state index contributed by atoms with van der Waals surface area (Å²) in [4.78, 5) is 25.5. The topological polar surface area (TPSA) is 81.7 Å². The zero-order valence-electron chi connectivity index (χ0n) is 16.1. The summed E-state index contributed by atoms with van der Waals surface area (Å²) in [6, 6.07) is 0. The summed E-state index contributed by atoms with van der Waals surface area (Å²) >= 11 is 0. The van der Waals surface area contributed by atoms with E-state index in [-0.39, 0.29) is 11.8 Å². The van der Waals surface area contributed by atoms with E-state index in [4.69, 9.17) is 13.0 Å². The van der Waals surface area contributed by atoms with Gasteiger partial charge in [0, 0.05) is 32.5 Å². The van der Waals surface area contributed by atoms with E-state index in [2.05, 4.69) is 10.6 Å². The number of aliphatic hydroxyl groups excluding tert-OH is 1. The second-order valence-electron chi connectivity index (χ2n) is 6.37. The van der Waals surface area contributed by atoms with Gasteiger partial charge in [-0.1, -0.05) is 19.2 Å². The first-order chi connectivity index (χ1) is 12.0. The lowest BCUT2D eigenvalue weighted by Crippen LogP contribution is -2.32. The van der Waals surface area contributed by atoms with E-state index in [9.17, 15) is 9.59 Å². The molecule has 0 aromatic carbocycles. The Kier molecular flexibility index (Phi) is 15.7. The van der Waals surface area contributed by atoms with Gasteiger partial charge in [-0.3, -0.25) is 14.9 Å². The molecule has 6 nitrogen and oxygen atoms in total. The number of amides is 2. The molecular weight excluding hydrogens is 317 g/mol. The van der Waals surface area contributed by atoms with Crippen molar-refractivity contribution in [2.45, 2.75) is 77.8 Å². The Morgan fingerprint density at radius 3 is 2.36 bits per heavy atom. The number of nitrogens with zero attached hydrogens (tertiary/aromatic N) is 1. The number of hydrogen-bond donors (Lipinski definition) is 3. The van der Waals surface area contributed by atoms with Gasteiger partial charge in [0.25, 0.3) is 0 Å². The largest absolute Gasteiger partial charge is 0.379 e. The van der Waals surface area contributed by atoms with E-state index >= 15 is 0 Å². The number of rotatable bonds is 16. The lowest BCUT2D eigenvalue weighted by molar-refractivity contribution is -0.131. The fraction of sp³-hybridized carbons (Fsp3) is 0.889. The molecule has 0 heterocycles. The van der Waals surface area contributed by atoms with Crippen LogP contribution in [0.25, 0.3) is 0 Å². The zero-order chi connectivity index (χ0) is 18.9. The quantitative estimate of drug-likeness (QED) is 0.224. The van der Waals surface area contributed by atoms with Crippen LogP contribution in [0.5, 0.6) is 0 Å². The van der Waals surface area contributed by atoms with Gasteiger partial charge in [-0.25, -0.2) is 0 Å². The third-order valence-corrected chi connectivity index (χ3v) is 3.96. The summed E-state index contributed by atoms with van der Waals surface area (Å²) in [6.45, 7) is 6.42. The number of aliphatic hydroxyl groups is 1. The average Bonchev–Trinajstić information content (AvgIpc) is 2.56. The number of carbonyl (C=O) groups is 2. The van der Waals surface area contributed by atoms with Crippen molar-refractivity contribution < 1.29 is 14.7 Å². The molecule has 3 N–H and O–H groups in total. The average molecular weight is 353 g/mol. The molecule has 0 bridgehead atoms. The molecule has 0 aromatic rings. The van der Waals surface area contributed by atoms with Crippen LogP contribution in [0.3, 0.4) is 0 Å². The third kappa shape index (κ3) is 14.9. The Labute approximate surface area is 154 Å². The number of hydrogen-bond acceptors (Lipinski definition) is 4. The van der Waals surface area contributed by atoms with Crippen LogP contribution >= 0.6 is 0 Å². The normalized spacial score (nSPS) is 12.0. The monoisotopic (exact) mass is 353 g/mol. The molecule has 0 aliphatic rings. The number of unbranched alkanes of at least 4 members (excludes halogenated alkanes) is 4. The fourth-order valence-corrected chi connectivity index (χ4v) is 2.61. The third-order valence-electron chi connectivity index (χ3n) is 3.96. The fourth-order valence-electron chi connectivity index (χ4n) is 2.61. The maximum absolute atomic E-state index is 12.3. The van der Waals surface area contributed by atoms with E-state index in [1.165, 1.54) is 0 Å². The van der Waals surface area contributed by atoms with Crippen molar-refractivity contribution in [2.75, 3.05) is 26.2 Å². The standard InChI is InChI=1S/C18H36BN3O3/c1-3-20-17(24)10-6-7-11-18(25)22(15-12-19)14-9-5-4-8-13-21-16(2)23/h16,21,23H,3-15H2,1-2H3,(H,20,24). The van der Waals surface area contributed by atoms with Crippen molar-refractivity contribution in [3.8, 4) is 0 Å². The van der Waals surface area contributed by atoms with Crippen molar-refractivity contribution in [1.82, 2.24) is 15.5 Å². The van der Waals surface area contributed by atoms with Crippen LogP contribution in [0.1, 0.15) is 65.2 Å². The van der Waals surface area contributed by atoms with E-state index in [1.54, 1.807) is 6.92 Å². The van der Waals surface area contributed by atoms with Crippen molar-refractivity contribution >= 4 is 19.7 Å². The van der Waals surface area contributed by atoms with Crippen molar-refractivity contribution in [1.29, 1.82) is 0 Å². The second-order valence-corrected chi connectivity index (χ2v) is 6.37. The Bertz CT molecular complexity index is 354. The molecule has 144 valence electrons. The van der Waals surface area contributed by atoms with E-state index < -0.39 is 6.23 Å². The van der Waals surface area contributed by atoms with Crippen LogP contribution in [0.4, 0.5) is 0 Å². The van der Waals surface area contributed by atoms with Gasteiger partial charge in [0.1, 0.15) is 6.23 Å².